The molecule has 1 rings (SSSR count). The molecule has 0 aromatic heterocycles. The molecule has 0 amide bonds. The van der Waals surface area contributed by atoms with Crippen LogP contribution in [0.1, 0.15) is 54.4 Å². The van der Waals surface area contributed by atoms with Gasteiger partial charge < -0.3 is 0 Å². The Bertz CT molecular complexity index is 178. The van der Waals surface area contributed by atoms with Gasteiger partial charge >= 0.3 is 0 Å². The molecule has 1 fully saturated rings. The summed E-state index contributed by atoms with van der Waals surface area (Å²) in [6.45, 7) is 15.5. The van der Waals surface area contributed by atoms with Crippen LogP contribution in [-0.4, -0.2) is 23.5 Å². The molecule has 0 saturated carbocycles. The number of nitrogens with zero attached hydrogens (tertiary/aromatic N) is 1. The first-order valence-corrected chi connectivity index (χ1v) is 6.08. The normalized spacial score (nSPS) is 31.1. The van der Waals surface area contributed by atoms with Crippen molar-refractivity contribution >= 4 is 0 Å². The van der Waals surface area contributed by atoms with Crippen molar-refractivity contribution in [2.24, 2.45) is 11.3 Å². The standard InChI is InChI=1S/C13H27N/c1-10(2)14-8-7-12(9-11(14)3)13(4,5)6/h10-12H,7-9H2,1-6H3. The fourth-order valence-electron chi connectivity index (χ4n) is 2.74. The van der Waals surface area contributed by atoms with E-state index in [4.69, 9.17) is 0 Å². The van der Waals surface area contributed by atoms with Crippen LogP contribution in [0.4, 0.5) is 0 Å². The zero-order chi connectivity index (χ0) is 10.9. The summed E-state index contributed by atoms with van der Waals surface area (Å²) in [4.78, 5) is 2.64. The first kappa shape index (κ1) is 12.0. The minimum Gasteiger partial charge on any atom is -0.298 e. The minimum atomic E-state index is 0.497. The quantitative estimate of drug-likeness (QED) is 0.621. The van der Waals surface area contributed by atoms with Gasteiger partial charge in [0.1, 0.15) is 0 Å². The summed E-state index contributed by atoms with van der Waals surface area (Å²) < 4.78 is 0. The van der Waals surface area contributed by atoms with Crippen LogP contribution in [0.5, 0.6) is 0 Å². The molecule has 84 valence electrons. The van der Waals surface area contributed by atoms with E-state index < -0.39 is 0 Å². The van der Waals surface area contributed by atoms with Crippen molar-refractivity contribution < 1.29 is 0 Å². The van der Waals surface area contributed by atoms with Crippen molar-refractivity contribution in [1.82, 2.24) is 4.90 Å². The molecule has 1 heterocycles. The molecule has 0 N–H and O–H groups in total. The molecule has 2 atom stereocenters. The fraction of sp³-hybridized carbons (Fsp3) is 1.00. The Morgan fingerprint density at radius 3 is 2.14 bits per heavy atom. The monoisotopic (exact) mass is 197 g/mol. The number of hydrogen-bond acceptors (Lipinski definition) is 1. The predicted octanol–water partition coefficient (Wildman–Crippen LogP) is 3.54. The van der Waals surface area contributed by atoms with E-state index in [1.807, 2.05) is 0 Å². The van der Waals surface area contributed by atoms with E-state index in [0.29, 0.717) is 11.5 Å². The van der Waals surface area contributed by atoms with E-state index in [-0.39, 0.29) is 0 Å². The van der Waals surface area contributed by atoms with E-state index in [0.717, 1.165) is 12.0 Å². The van der Waals surface area contributed by atoms with Gasteiger partial charge in [0.15, 0.2) is 0 Å². The lowest BCUT2D eigenvalue weighted by atomic mass is 9.73. The van der Waals surface area contributed by atoms with Gasteiger partial charge in [-0.2, -0.15) is 0 Å². The van der Waals surface area contributed by atoms with Crippen LogP contribution in [0.2, 0.25) is 0 Å². The van der Waals surface area contributed by atoms with Crippen molar-refractivity contribution in [2.45, 2.75) is 66.5 Å². The van der Waals surface area contributed by atoms with Gasteiger partial charge in [0, 0.05) is 12.1 Å². The molecule has 0 aliphatic carbocycles. The maximum atomic E-state index is 2.64. The summed E-state index contributed by atoms with van der Waals surface area (Å²) in [7, 11) is 0. The summed E-state index contributed by atoms with van der Waals surface area (Å²) in [5.41, 5.74) is 0.497. The second-order valence-electron chi connectivity index (χ2n) is 6.27. The summed E-state index contributed by atoms with van der Waals surface area (Å²) in [6.07, 6.45) is 2.76. The van der Waals surface area contributed by atoms with E-state index in [9.17, 15) is 0 Å². The molecule has 0 bridgehead atoms. The lowest BCUT2D eigenvalue weighted by Gasteiger charge is -2.44. The summed E-state index contributed by atoms with van der Waals surface area (Å²) >= 11 is 0. The summed E-state index contributed by atoms with van der Waals surface area (Å²) in [6, 6.07) is 1.49. The molecule has 1 aliphatic rings. The Morgan fingerprint density at radius 1 is 1.21 bits per heavy atom. The van der Waals surface area contributed by atoms with Crippen LogP contribution in [0, 0.1) is 11.3 Å². The first-order chi connectivity index (χ1) is 6.32. The van der Waals surface area contributed by atoms with Crippen LogP contribution in [0.15, 0.2) is 0 Å². The van der Waals surface area contributed by atoms with Gasteiger partial charge in [-0.3, -0.25) is 4.90 Å². The second kappa shape index (κ2) is 4.22. The van der Waals surface area contributed by atoms with Crippen molar-refractivity contribution in [1.29, 1.82) is 0 Å². The maximum Gasteiger partial charge on any atom is 0.00724 e. The summed E-state index contributed by atoms with van der Waals surface area (Å²) in [5.74, 6) is 0.910. The highest BCUT2D eigenvalue weighted by Crippen LogP contribution is 2.37. The third-order valence-electron chi connectivity index (χ3n) is 3.82. The number of likely N-dealkylation sites (tertiary alicyclic amines) is 1. The molecule has 0 aromatic rings. The fourth-order valence-corrected chi connectivity index (χ4v) is 2.74. The molecular weight excluding hydrogens is 170 g/mol. The van der Waals surface area contributed by atoms with Crippen LogP contribution >= 0.6 is 0 Å². The van der Waals surface area contributed by atoms with Crippen molar-refractivity contribution in [3.63, 3.8) is 0 Å². The van der Waals surface area contributed by atoms with Gasteiger partial charge in [-0.1, -0.05) is 20.8 Å². The van der Waals surface area contributed by atoms with Gasteiger partial charge in [-0.15, -0.1) is 0 Å². The van der Waals surface area contributed by atoms with Crippen LogP contribution in [0.25, 0.3) is 0 Å². The number of piperidine rings is 1. The molecule has 0 radical (unpaired) electrons. The summed E-state index contributed by atoms with van der Waals surface area (Å²) in [5, 5.41) is 0. The Morgan fingerprint density at radius 2 is 1.79 bits per heavy atom. The lowest BCUT2D eigenvalue weighted by molar-refractivity contribution is 0.0496. The smallest absolute Gasteiger partial charge is 0.00724 e. The Hall–Kier alpha value is -0.0400. The van der Waals surface area contributed by atoms with Crippen LogP contribution in [0.3, 0.4) is 0 Å². The predicted molar refractivity (Wildman–Crippen MR) is 63.5 cm³/mol. The molecule has 1 aliphatic heterocycles. The highest BCUT2D eigenvalue weighted by molar-refractivity contribution is 4.86. The van der Waals surface area contributed by atoms with Crippen molar-refractivity contribution in [3.8, 4) is 0 Å². The topological polar surface area (TPSA) is 3.24 Å². The average molecular weight is 197 g/mol. The zero-order valence-corrected chi connectivity index (χ0v) is 10.8. The third-order valence-corrected chi connectivity index (χ3v) is 3.82. The molecule has 0 spiro atoms. The zero-order valence-electron chi connectivity index (χ0n) is 10.8. The highest BCUT2D eigenvalue weighted by Gasteiger charge is 2.33. The number of hydrogen-bond donors (Lipinski definition) is 0. The second-order valence-corrected chi connectivity index (χ2v) is 6.27. The molecule has 2 unspecified atom stereocenters. The average Bonchev–Trinajstić information content (AvgIpc) is 2.01. The minimum absolute atomic E-state index is 0.497. The molecule has 14 heavy (non-hydrogen) atoms. The van der Waals surface area contributed by atoms with E-state index in [1.54, 1.807) is 0 Å². The van der Waals surface area contributed by atoms with Crippen LogP contribution in [-0.2, 0) is 0 Å². The van der Waals surface area contributed by atoms with Crippen molar-refractivity contribution in [3.05, 3.63) is 0 Å². The molecule has 1 heteroatoms. The third kappa shape index (κ3) is 2.73. The highest BCUT2D eigenvalue weighted by atomic mass is 15.2. The van der Waals surface area contributed by atoms with Gasteiger partial charge in [0.2, 0.25) is 0 Å². The van der Waals surface area contributed by atoms with Gasteiger partial charge in [-0.05, 0) is 51.5 Å². The lowest BCUT2D eigenvalue weighted by Crippen LogP contribution is -2.46. The number of rotatable bonds is 1. The van der Waals surface area contributed by atoms with E-state index in [2.05, 4.69) is 46.4 Å². The van der Waals surface area contributed by atoms with Gasteiger partial charge in [0.05, 0.1) is 0 Å². The largest absolute Gasteiger partial charge is 0.298 e. The van der Waals surface area contributed by atoms with E-state index in [1.165, 1.54) is 19.4 Å². The Labute approximate surface area is 89.9 Å². The van der Waals surface area contributed by atoms with Crippen LogP contribution < -0.4 is 0 Å². The molecule has 1 nitrogen and oxygen atoms in total. The van der Waals surface area contributed by atoms with Gasteiger partial charge in [-0.25, -0.2) is 0 Å². The SMILES string of the molecule is CC(C)N1CCC(C(C)(C)C)CC1C. The van der Waals surface area contributed by atoms with Crippen molar-refractivity contribution in [2.75, 3.05) is 6.54 Å². The first-order valence-electron chi connectivity index (χ1n) is 6.08. The Balaban J connectivity index is 2.55. The maximum absolute atomic E-state index is 2.64. The molecule has 1 saturated heterocycles. The molecule has 0 aromatic carbocycles. The van der Waals surface area contributed by atoms with E-state index >= 15 is 0 Å². The Kier molecular flexibility index (Phi) is 3.63. The molecular formula is C13H27N. The van der Waals surface area contributed by atoms with Gasteiger partial charge in [0.25, 0.3) is 0 Å².